The summed E-state index contributed by atoms with van der Waals surface area (Å²) in [6, 6.07) is 4.21. The fourth-order valence-electron chi connectivity index (χ4n) is 7.40. The Bertz CT molecular complexity index is 1830. The number of piperazine rings is 1. The Morgan fingerprint density at radius 1 is 1.08 bits per heavy atom. The maximum atomic E-state index is 13.9. The van der Waals surface area contributed by atoms with Crippen molar-refractivity contribution in [3.8, 4) is 28.7 Å². The zero-order chi connectivity index (χ0) is 36.3. The Morgan fingerprint density at radius 3 is 2.48 bits per heavy atom. The number of alkyl halides is 3. The van der Waals surface area contributed by atoms with Gasteiger partial charge in [0.1, 0.15) is 22.7 Å². The molecule has 1 N–H and O–H groups in total. The van der Waals surface area contributed by atoms with Crippen LogP contribution >= 0.6 is 0 Å². The number of carboxylic acids is 1. The minimum absolute atomic E-state index is 0. The number of fused-ring (bicyclic) bond motifs is 1. The van der Waals surface area contributed by atoms with Gasteiger partial charge in [-0.1, -0.05) is 19.3 Å². The third-order valence-electron chi connectivity index (χ3n) is 9.71. The van der Waals surface area contributed by atoms with Crippen LogP contribution in [0.4, 0.5) is 24.7 Å². The van der Waals surface area contributed by atoms with Crippen LogP contribution in [-0.4, -0.2) is 107 Å². The molecular formula is C35H43F3N9NaO4. The Kier molecular flexibility index (Phi) is 12.7. The Morgan fingerprint density at radius 2 is 1.85 bits per heavy atom. The van der Waals surface area contributed by atoms with Crippen LogP contribution in [-0.2, 0) is 15.7 Å². The number of halogens is 3. The van der Waals surface area contributed by atoms with Gasteiger partial charge >= 0.3 is 35.7 Å². The van der Waals surface area contributed by atoms with Crippen LogP contribution in [0.25, 0.3) is 33.9 Å². The molecule has 274 valence electrons. The summed E-state index contributed by atoms with van der Waals surface area (Å²) in [6.07, 6.45) is 3.96. The zero-order valence-electron chi connectivity index (χ0n) is 30.3. The topological polar surface area (TPSA) is 149 Å². The summed E-state index contributed by atoms with van der Waals surface area (Å²) in [7, 11) is 3.68. The van der Waals surface area contributed by atoms with E-state index in [0.29, 0.717) is 67.0 Å². The first-order valence-corrected chi connectivity index (χ1v) is 17.2. The van der Waals surface area contributed by atoms with Crippen molar-refractivity contribution in [2.75, 3.05) is 69.9 Å². The standard InChI is InChI=1S/C35H44F3N9O4.Na/c1-5-51-29-14-23(13-27(42-29)35(36,37)38)24-15-26(45(3)20-34(21-50-4)9-7-6-8-10-34)31-33(41-24)44-32(43-31)25-16-40-28(17-39-25)47-12-11-46(18-22(47)2)19-30(48)49;/h13-17,22H,5-12,18-21H2,1-4H3,(H,48,49)(H,41,43,44);/q;+1/p-1/t22-;/m1./s1. The van der Waals surface area contributed by atoms with Gasteiger partial charge in [0, 0.05) is 70.0 Å². The third kappa shape index (κ3) is 8.96. The molecule has 13 nitrogen and oxygen atoms in total. The molecule has 1 saturated heterocycles. The Labute approximate surface area is 322 Å². The van der Waals surface area contributed by atoms with Crippen LogP contribution in [0.2, 0.25) is 0 Å². The van der Waals surface area contributed by atoms with Crippen LogP contribution < -0.4 is 49.2 Å². The fraction of sp³-hybridized carbons (Fsp3) is 0.543. The van der Waals surface area contributed by atoms with E-state index < -0.39 is 17.8 Å². The quantitative estimate of drug-likeness (QED) is 0.209. The molecule has 4 aromatic rings. The van der Waals surface area contributed by atoms with Gasteiger partial charge in [0.05, 0.1) is 43.0 Å². The summed E-state index contributed by atoms with van der Waals surface area (Å²) in [5.74, 6) is -0.198. The molecule has 0 aromatic carbocycles. The molecular weight excluding hydrogens is 690 g/mol. The molecule has 2 fully saturated rings. The Hall–Kier alpha value is -3.57. The number of nitrogens with zero attached hydrogens (tertiary/aromatic N) is 8. The number of aromatic amines is 1. The predicted octanol–water partition coefficient (Wildman–Crippen LogP) is 1.19. The van der Waals surface area contributed by atoms with Crippen molar-refractivity contribution in [1.82, 2.24) is 34.8 Å². The van der Waals surface area contributed by atoms with Crippen LogP contribution in [0.1, 0.15) is 51.6 Å². The van der Waals surface area contributed by atoms with Crippen LogP contribution in [0, 0.1) is 5.41 Å². The number of aromatic nitrogens is 6. The van der Waals surface area contributed by atoms with Crippen molar-refractivity contribution in [1.29, 1.82) is 0 Å². The van der Waals surface area contributed by atoms with Crippen LogP contribution in [0.5, 0.6) is 5.88 Å². The van der Waals surface area contributed by atoms with E-state index in [1.54, 1.807) is 32.5 Å². The molecule has 0 amide bonds. The summed E-state index contributed by atoms with van der Waals surface area (Å²) in [4.78, 5) is 43.0. The largest absolute Gasteiger partial charge is 1.00 e. The van der Waals surface area contributed by atoms with E-state index >= 15 is 0 Å². The summed E-state index contributed by atoms with van der Waals surface area (Å²) in [5.41, 5.74) is 1.41. The number of hydrogen-bond donors (Lipinski definition) is 1. The number of carboxylic acid groups (broad SMARTS) is 1. The van der Waals surface area contributed by atoms with Crippen LogP contribution in [0.3, 0.4) is 0 Å². The van der Waals surface area contributed by atoms with E-state index in [1.807, 2.05) is 18.9 Å². The molecule has 1 aliphatic heterocycles. The smallest absolute Gasteiger partial charge is 0.549 e. The molecule has 5 heterocycles. The molecule has 0 spiro atoms. The number of methoxy groups -OCH3 is 1. The number of rotatable bonds is 12. The summed E-state index contributed by atoms with van der Waals surface area (Å²) < 4.78 is 52.9. The SMILES string of the molecule is CCOc1cc(-c2cc(N(C)CC3(COC)CCCCC3)c3[nH]c(-c4cnc(N5CCN(CC(=O)[O-])C[C@H]5C)cn4)nc3n2)cc(C(F)(F)F)n1.[Na+]. The van der Waals surface area contributed by atoms with E-state index in [9.17, 15) is 23.1 Å². The van der Waals surface area contributed by atoms with Gasteiger partial charge < -0.3 is 34.2 Å². The first-order chi connectivity index (χ1) is 24.4. The number of H-pyrrole nitrogens is 1. The van der Waals surface area contributed by atoms with Crippen molar-refractivity contribution in [3.63, 3.8) is 0 Å². The average molecular weight is 734 g/mol. The van der Waals surface area contributed by atoms with E-state index in [-0.39, 0.29) is 71.3 Å². The third-order valence-corrected chi connectivity index (χ3v) is 9.71. The monoisotopic (exact) mass is 733 g/mol. The number of carbonyl (C=O) groups is 1. The number of pyridine rings is 2. The van der Waals surface area contributed by atoms with Crippen molar-refractivity contribution in [3.05, 3.63) is 36.3 Å². The fourth-order valence-corrected chi connectivity index (χ4v) is 7.40. The number of nitrogens with one attached hydrogen (secondary N) is 1. The van der Waals surface area contributed by atoms with E-state index in [2.05, 4.69) is 29.7 Å². The van der Waals surface area contributed by atoms with Gasteiger partial charge in [-0.25, -0.2) is 24.9 Å². The van der Waals surface area contributed by atoms with E-state index in [1.165, 1.54) is 12.5 Å². The van der Waals surface area contributed by atoms with Gasteiger partial charge in [-0.15, -0.1) is 0 Å². The number of aliphatic carboxylic acids is 1. The first kappa shape index (κ1) is 39.6. The van der Waals surface area contributed by atoms with Crippen molar-refractivity contribution in [2.24, 2.45) is 5.41 Å². The minimum Gasteiger partial charge on any atom is -0.549 e. The number of anilines is 2. The molecule has 2 aliphatic rings. The van der Waals surface area contributed by atoms with Crippen molar-refractivity contribution in [2.45, 2.75) is 58.2 Å². The zero-order valence-corrected chi connectivity index (χ0v) is 32.3. The van der Waals surface area contributed by atoms with E-state index in [0.717, 1.165) is 31.7 Å². The molecule has 1 atom stereocenters. The Balaban J connectivity index is 0.00000523. The molecule has 6 rings (SSSR count). The second-order valence-electron chi connectivity index (χ2n) is 13.6. The molecule has 1 aliphatic carbocycles. The maximum Gasteiger partial charge on any atom is 1.00 e. The second kappa shape index (κ2) is 16.6. The summed E-state index contributed by atoms with van der Waals surface area (Å²) in [5, 5.41) is 11.1. The normalized spacial score (nSPS) is 17.9. The number of imidazole rings is 1. The van der Waals surface area contributed by atoms with Gasteiger partial charge in [0.2, 0.25) is 5.88 Å². The van der Waals surface area contributed by atoms with Crippen LogP contribution in [0.15, 0.2) is 30.6 Å². The minimum atomic E-state index is -4.69. The summed E-state index contributed by atoms with van der Waals surface area (Å²) >= 11 is 0. The van der Waals surface area contributed by atoms with Gasteiger partial charge in [0.15, 0.2) is 11.5 Å². The van der Waals surface area contributed by atoms with Crippen molar-refractivity contribution >= 4 is 28.6 Å². The molecule has 0 radical (unpaired) electrons. The number of ether oxygens (including phenoxy) is 2. The van der Waals surface area contributed by atoms with Gasteiger partial charge in [-0.2, -0.15) is 13.2 Å². The second-order valence-corrected chi connectivity index (χ2v) is 13.6. The summed E-state index contributed by atoms with van der Waals surface area (Å²) in [6.45, 7) is 6.64. The van der Waals surface area contributed by atoms with Crippen molar-refractivity contribution < 1.29 is 62.1 Å². The maximum absolute atomic E-state index is 13.9. The number of hydrogen-bond acceptors (Lipinski definition) is 12. The average Bonchev–Trinajstić information content (AvgIpc) is 3.52. The molecule has 52 heavy (non-hydrogen) atoms. The molecule has 17 heteroatoms. The number of carbonyl (C=O) groups excluding carboxylic acids is 1. The predicted molar refractivity (Wildman–Crippen MR) is 183 cm³/mol. The molecule has 0 bridgehead atoms. The van der Waals surface area contributed by atoms with Gasteiger partial charge in [0.25, 0.3) is 0 Å². The van der Waals surface area contributed by atoms with Gasteiger partial charge in [-0.3, -0.25) is 4.90 Å². The molecule has 0 unspecified atom stereocenters. The first-order valence-electron chi connectivity index (χ1n) is 17.2. The molecule has 4 aromatic heterocycles. The van der Waals surface area contributed by atoms with E-state index in [4.69, 9.17) is 19.4 Å². The van der Waals surface area contributed by atoms with Gasteiger partial charge in [-0.05, 0) is 38.8 Å². The molecule has 1 saturated carbocycles.